The lowest BCUT2D eigenvalue weighted by Crippen LogP contribution is -2.50. The Morgan fingerprint density at radius 1 is 1.03 bits per heavy atom. The summed E-state index contributed by atoms with van der Waals surface area (Å²) >= 11 is 0. The third-order valence-corrected chi connectivity index (χ3v) is 6.92. The molecule has 1 atom stereocenters. The zero-order chi connectivity index (χ0) is 28.6. The Hall–Kier alpha value is -4.19. The lowest BCUT2D eigenvalue weighted by Gasteiger charge is -2.39. The van der Waals surface area contributed by atoms with Crippen molar-refractivity contribution in [2.45, 2.75) is 19.4 Å². The molecular formula is C27H27F4N5O3. The van der Waals surface area contributed by atoms with E-state index in [4.69, 9.17) is 5.73 Å². The van der Waals surface area contributed by atoms with Crippen molar-refractivity contribution >= 4 is 23.2 Å². The third kappa shape index (κ3) is 5.65. The third-order valence-electron chi connectivity index (χ3n) is 6.92. The fourth-order valence-electron chi connectivity index (χ4n) is 4.50. The first kappa shape index (κ1) is 27.8. The molecule has 206 valence electrons. The first-order valence-electron chi connectivity index (χ1n) is 12.1. The second-order valence-corrected chi connectivity index (χ2v) is 9.53. The van der Waals surface area contributed by atoms with E-state index >= 15 is 4.39 Å². The number of aryl methyl sites for hydroxylation is 1. The number of anilines is 2. The molecule has 1 aromatic heterocycles. The number of nitrogens with one attached hydrogen (secondary N) is 1. The van der Waals surface area contributed by atoms with Crippen LogP contribution in [0.2, 0.25) is 0 Å². The van der Waals surface area contributed by atoms with Gasteiger partial charge in [0.15, 0.2) is 0 Å². The van der Waals surface area contributed by atoms with E-state index in [-0.39, 0.29) is 28.4 Å². The quantitative estimate of drug-likeness (QED) is 0.460. The van der Waals surface area contributed by atoms with E-state index in [0.717, 1.165) is 22.9 Å². The fraction of sp³-hybridized carbons (Fsp3) is 0.296. The van der Waals surface area contributed by atoms with Crippen LogP contribution >= 0.6 is 0 Å². The molecule has 0 unspecified atom stereocenters. The summed E-state index contributed by atoms with van der Waals surface area (Å²) in [6.07, 6.45) is -2.08. The maximum absolute atomic E-state index is 15.5. The number of pyridine rings is 1. The molecule has 3 aromatic rings. The van der Waals surface area contributed by atoms with Crippen molar-refractivity contribution in [3.05, 3.63) is 81.3 Å². The largest absolute Gasteiger partial charge is 0.367 e. The van der Waals surface area contributed by atoms with Crippen molar-refractivity contribution in [1.29, 1.82) is 0 Å². The lowest BCUT2D eigenvalue weighted by molar-refractivity contribution is 0.0992. The zero-order valence-corrected chi connectivity index (χ0v) is 21.5. The standard InChI is InChI=1S/C27H27F4N5O3/c1-14-12-36(7-6-34(14)2)23-11-21(29)17(15-4-5-16(26(32)38)20(28)8-15)9-22(23)33-27(39)19-13-35(3)24(37)10-18(19)25(30)31/h4-5,8-11,13-14,25H,6-7,12H2,1-3H3,(H2,32,38)(H,33,39)/t14-/m0/s1. The van der Waals surface area contributed by atoms with Gasteiger partial charge in [-0.3, -0.25) is 14.4 Å². The van der Waals surface area contributed by atoms with Crippen LogP contribution in [0.1, 0.15) is 39.6 Å². The fourth-order valence-corrected chi connectivity index (χ4v) is 4.50. The van der Waals surface area contributed by atoms with Crippen molar-refractivity contribution in [3.63, 3.8) is 0 Å². The van der Waals surface area contributed by atoms with Gasteiger partial charge in [0.1, 0.15) is 11.6 Å². The number of piperazine rings is 1. The topological polar surface area (TPSA) is 101 Å². The van der Waals surface area contributed by atoms with Crippen molar-refractivity contribution in [2.24, 2.45) is 12.8 Å². The average molecular weight is 546 g/mol. The summed E-state index contributed by atoms with van der Waals surface area (Å²) in [5, 5.41) is 2.60. The number of primary amides is 1. The first-order chi connectivity index (χ1) is 18.4. The van der Waals surface area contributed by atoms with Gasteiger partial charge in [-0.1, -0.05) is 6.07 Å². The molecule has 2 amide bonds. The van der Waals surface area contributed by atoms with Gasteiger partial charge in [0.25, 0.3) is 23.8 Å². The molecule has 2 heterocycles. The van der Waals surface area contributed by atoms with E-state index in [9.17, 15) is 27.6 Å². The van der Waals surface area contributed by atoms with Crippen LogP contribution < -0.4 is 21.5 Å². The first-order valence-corrected chi connectivity index (χ1v) is 12.1. The summed E-state index contributed by atoms with van der Waals surface area (Å²) in [5.74, 6) is -3.60. The molecule has 0 spiro atoms. The molecule has 3 N–H and O–H groups in total. The van der Waals surface area contributed by atoms with E-state index in [2.05, 4.69) is 10.2 Å². The van der Waals surface area contributed by atoms with Crippen molar-refractivity contribution in [1.82, 2.24) is 9.47 Å². The van der Waals surface area contributed by atoms with Gasteiger partial charge >= 0.3 is 0 Å². The van der Waals surface area contributed by atoms with Crippen LogP contribution in [0.3, 0.4) is 0 Å². The minimum Gasteiger partial charge on any atom is -0.367 e. The minimum absolute atomic E-state index is 0.0687. The maximum Gasteiger partial charge on any atom is 0.264 e. The van der Waals surface area contributed by atoms with Gasteiger partial charge in [0, 0.05) is 56.1 Å². The zero-order valence-electron chi connectivity index (χ0n) is 21.5. The normalized spacial score (nSPS) is 16.0. The molecule has 1 aliphatic rings. The van der Waals surface area contributed by atoms with Crippen molar-refractivity contribution in [2.75, 3.05) is 36.9 Å². The van der Waals surface area contributed by atoms with E-state index in [1.165, 1.54) is 25.2 Å². The molecule has 1 aliphatic heterocycles. The summed E-state index contributed by atoms with van der Waals surface area (Å²) in [7, 11) is 3.27. The van der Waals surface area contributed by atoms with Crippen LogP contribution in [0.15, 0.2) is 47.4 Å². The molecule has 1 fully saturated rings. The molecule has 0 saturated carbocycles. The molecule has 2 aromatic carbocycles. The van der Waals surface area contributed by atoms with Gasteiger partial charge in [-0.25, -0.2) is 17.6 Å². The summed E-state index contributed by atoms with van der Waals surface area (Å²) in [5.41, 5.74) is 3.30. The van der Waals surface area contributed by atoms with Crippen molar-refractivity contribution in [3.8, 4) is 11.1 Å². The number of alkyl halides is 2. The highest BCUT2D eigenvalue weighted by molar-refractivity contribution is 6.07. The van der Waals surface area contributed by atoms with E-state index in [1.807, 2.05) is 18.9 Å². The molecule has 1 saturated heterocycles. The number of nitrogens with two attached hydrogens (primary N) is 1. The number of nitrogens with zero attached hydrogens (tertiary/aromatic N) is 3. The Balaban J connectivity index is 1.83. The predicted molar refractivity (Wildman–Crippen MR) is 139 cm³/mol. The number of hydrogen-bond acceptors (Lipinski definition) is 5. The molecule has 4 rings (SSSR count). The highest BCUT2D eigenvalue weighted by atomic mass is 19.3. The highest BCUT2D eigenvalue weighted by Crippen LogP contribution is 2.36. The number of amides is 2. The monoisotopic (exact) mass is 545 g/mol. The lowest BCUT2D eigenvalue weighted by atomic mass is 10.00. The van der Waals surface area contributed by atoms with Gasteiger partial charge in [-0.2, -0.15) is 0 Å². The molecule has 39 heavy (non-hydrogen) atoms. The van der Waals surface area contributed by atoms with Crippen LogP contribution in [-0.4, -0.2) is 54.0 Å². The SMILES string of the molecule is C[C@H]1CN(c2cc(F)c(-c3ccc(C(N)=O)c(F)c3)cc2NC(=O)c2cn(C)c(=O)cc2C(F)F)CCN1C. The van der Waals surface area contributed by atoms with Crippen LogP contribution in [-0.2, 0) is 7.05 Å². The van der Waals surface area contributed by atoms with Crippen LogP contribution in [0, 0.1) is 11.6 Å². The Labute approximate surface area is 221 Å². The number of hydrogen-bond donors (Lipinski definition) is 2. The number of benzene rings is 2. The van der Waals surface area contributed by atoms with Crippen molar-refractivity contribution < 1.29 is 27.2 Å². The van der Waals surface area contributed by atoms with E-state index < -0.39 is 46.6 Å². The molecule has 8 nitrogen and oxygen atoms in total. The smallest absolute Gasteiger partial charge is 0.264 e. The Bertz CT molecular complexity index is 1510. The summed E-state index contributed by atoms with van der Waals surface area (Å²) in [6, 6.07) is 6.65. The maximum atomic E-state index is 15.5. The summed E-state index contributed by atoms with van der Waals surface area (Å²) < 4.78 is 58.3. The Morgan fingerprint density at radius 3 is 2.36 bits per heavy atom. The van der Waals surface area contributed by atoms with Gasteiger partial charge < -0.3 is 25.4 Å². The van der Waals surface area contributed by atoms with Crippen LogP contribution in [0.25, 0.3) is 11.1 Å². The summed E-state index contributed by atoms with van der Waals surface area (Å²) in [6.45, 7) is 3.61. The molecule has 0 aliphatic carbocycles. The van der Waals surface area contributed by atoms with Gasteiger partial charge in [0.2, 0.25) is 0 Å². The van der Waals surface area contributed by atoms with E-state index in [1.54, 1.807) is 0 Å². The second kappa shape index (κ2) is 10.9. The van der Waals surface area contributed by atoms with Gasteiger partial charge in [-0.05, 0) is 43.8 Å². The number of rotatable bonds is 6. The Kier molecular flexibility index (Phi) is 7.77. The summed E-state index contributed by atoms with van der Waals surface area (Å²) in [4.78, 5) is 40.6. The number of halogens is 4. The van der Waals surface area contributed by atoms with Gasteiger partial charge in [0.05, 0.1) is 22.5 Å². The molecule has 0 bridgehead atoms. The van der Waals surface area contributed by atoms with Crippen LogP contribution in [0.4, 0.5) is 28.9 Å². The Morgan fingerprint density at radius 2 is 1.74 bits per heavy atom. The number of aromatic nitrogens is 1. The second-order valence-electron chi connectivity index (χ2n) is 9.53. The number of carbonyl (C=O) groups excluding carboxylic acids is 2. The highest BCUT2D eigenvalue weighted by Gasteiger charge is 2.27. The molecular weight excluding hydrogens is 518 g/mol. The minimum atomic E-state index is -3.09. The van der Waals surface area contributed by atoms with Crippen LogP contribution in [0.5, 0.6) is 0 Å². The van der Waals surface area contributed by atoms with E-state index in [0.29, 0.717) is 31.4 Å². The van der Waals surface area contributed by atoms with Gasteiger partial charge in [-0.15, -0.1) is 0 Å². The number of likely N-dealkylation sites (N-methyl/N-ethyl adjacent to an activating group) is 1. The average Bonchev–Trinajstić information content (AvgIpc) is 2.87. The predicted octanol–water partition coefficient (Wildman–Crippen LogP) is 3.76. The number of carbonyl (C=O) groups is 2. The molecule has 0 radical (unpaired) electrons. The molecule has 12 heteroatoms.